The van der Waals surface area contributed by atoms with Crippen LogP contribution in [0.5, 0.6) is 5.75 Å². The van der Waals surface area contributed by atoms with Crippen molar-refractivity contribution in [1.82, 2.24) is 4.90 Å². The minimum absolute atomic E-state index is 0.00364. The number of likely N-dealkylation sites (tertiary alicyclic amines) is 1. The molecule has 0 aromatic heterocycles. The minimum atomic E-state index is -0.519. The number of carbonyl (C=O) groups is 1. The Bertz CT molecular complexity index is 735. The molecule has 7 nitrogen and oxygen atoms in total. The smallest absolute Gasteiger partial charge is 0.410 e. The minimum Gasteiger partial charge on any atom is -0.484 e. The average molecular weight is 344 g/mol. The van der Waals surface area contributed by atoms with E-state index >= 15 is 0 Å². The molecule has 3 rings (SSSR count). The van der Waals surface area contributed by atoms with Gasteiger partial charge >= 0.3 is 6.09 Å². The van der Waals surface area contributed by atoms with Crippen LogP contribution in [0.15, 0.2) is 12.1 Å². The van der Waals surface area contributed by atoms with E-state index in [-0.39, 0.29) is 18.2 Å². The SMILES string of the molecule is CN1c2ccc(N)c(C#N)c2O[C@@H]2CCN(C(=O)OC(C)(C)C)C[C@H]21. The third kappa shape index (κ3) is 3.16. The van der Waals surface area contributed by atoms with Crippen molar-refractivity contribution in [3.05, 3.63) is 17.7 Å². The van der Waals surface area contributed by atoms with Gasteiger partial charge < -0.3 is 25.0 Å². The molecule has 1 saturated heterocycles. The van der Waals surface area contributed by atoms with Gasteiger partial charge in [0.05, 0.1) is 17.4 Å². The molecule has 0 aliphatic carbocycles. The number of hydrogen-bond acceptors (Lipinski definition) is 6. The zero-order valence-corrected chi connectivity index (χ0v) is 15.1. The summed E-state index contributed by atoms with van der Waals surface area (Å²) in [7, 11) is 1.95. The maximum Gasteiger partial charge on any atom is 0.410 e. The first kappa shape index (κ1) is 17.2. The number of amides is 1. The number of anilines is 2. The quantitative estimate of drug-likeness (QED) is 0.726. The Hall–Kier alpha value is -2.62. The van der Waals surface area contributed by atoms with Gasteiger partial charge in [-0.05, 0) is 32.9 Å². The van der Waals surface area contributed by atoms with Crippen molar-refractivity contribution in [3.63, 3.8) is 0 Å². The van der Waals surface area contributed by atoms with Gasteiger partial charge in [0.2, 0.25) is 0 Å². The van der Waals surface area contributed by atoms with Crippen molar-refractivity contribution >= 4 is 17.5 Å². The summed E-state index contributed by atoms with van der Waals surface area (Å²) in [5, 5.41) is 9.38. The second-order valence-corrected chi connectivity index (χ2v) is 7.54. The number of hydrogen-bond donors (Lipinski definition) is 1. The zero-order chi connectivity index (χ0) is 18.4. The Labute approximate surface area is 147 Å². The number of benzene rings is 1. The fraction of sp³-hybridized carbons (Fsp3) is 0.556. The lowest BCUT2D eigenvalue weighted by atomic mass is 9.97. The normalized spacial score (nSPS) is 22.4. The van der Waals surface area contributed by atoms with Crippen molar-refractivity contribution in [2.45, 2.75) is 44.9 Å². The van der Waals surface area contributed by atoms with Crippen molar-refractivity contribution in [3.8, 4) is 11.8 Å². The summed E-state index contributed by atoms with van der Waals surface area (Å²) in [5.74, 6) is 0.539. The zero-order valence-electron chi connectivity index (χ0n) is 15.1. The second-order valence-electron chi connectivity index (χ2n) is 7.54. The Morgan fingerprint density at radius 2 is 2.16 bits per heavy atom. The largest absolute Gasteiger partial charge is 0.484 e. The highest BCUT2D eigenvalue weighted by atomic mass is 16.6. The molecule has 2 aliphatic heterocycles. The average Bonchev–Trinajstić information content (AvgIpc) is 2.53. The van der Waals surface area contributed by atoms with Crippen LogP contribution in [0.1, 0.15) is 32.8 Å². The van der Waals surface area contributed by atoms with Crippen LogP contribution in [0.25, 0.3) is 0 Å². The molecule has 1 fully saturated rings. The van der Waals surface area contributed by atoms with Gasteiger partial charge in [0.1, 0.15) is 23.3 Å². The first-order valence-electron chi connectivity index (χ1n) is 8.41. The summed E-state index contributed by atoms with van der Waals surface area (Å²) in [6, 6.07) is 5.70. The number of rotatable bonds is 0. The summed E-state index contributed by atoms with van der Waals surface area (Å²) < 4.78 is 11.6. The molecule has 2 atom stereocenters. The van der Waals surface area contributed by atoms with Gasteiger partial charge in [-0.1, -0.05) is 0 Å². The molecule has 134 valence electrons. The number of likely N-dealkylation sites (N-methyl/N-ethyl adjacent to an activating group) is 1. The van der Waals surface area contributed by atoms with Gasteiger partial charge in [-0.2, -0.15) is 5.26 Å². The van der Waals surface area contributed by atoms with Crippen LogP contribution in [0.4, 0.5) is 16.2 Å². The molecule has 2 heterocycles. The van der Waals surface area contributed by atoms with E-state index in [2.05, 4.69) is 11.0 Å². The lowest BCUT2D eigenvalue weighted by Gasteiger charge is -2.47. The third-order valence-corrected chi connectivity index (χ3v) is 4.60. The van der Waals surface area contributed by atoms with Gasteiger partial charge in [-0.25, -0.2) is 4.79 Å². The van der Waals surface area contributed by atoms with E-state index in [1.807, 2.05) is 33.9 Å². The lowest BCUT2D eigenvalue weighted by molar-refractivity contribution is 0.00612. The summed E-state index contributed by atoms with van der Waals surface area (Å²) in [5.41, 5.74) is 6.99. The maximum absolute atomic E-state index is 12.4. The molecule has 0 bridgehead atoms. The van der Waals surface area contributed by atoms with E-state index in [0.29, 0.717) is 36.5 Å². The Kier molecular flexibility index (Phi) is 4.15. The molecule has 0 radical (unpaired) electrons. The van der Waals surface area contributed by atoms with Crippen molar-refractivity contribution in [2.24, 2.45) is 0 Å². The fourth-order valence-corrected chi connectivity index (χ4v) is 3.34. The van der Waals surface area contributed by atoms with Crippen molar-refractivity contribution in [2.75, 3.05) is 30.8 Å². The van der Waals surface area contributed by atoms with Gasteiger partial charge in [-0.15, -0.1) is 0 Å². The number of fused-ring (bicyclic) bond motifs is 2. The summed E-state index contributed by atoms with van der Waals surface area (Å²) in [6.07, 6.45) is 0.276. The summed E-state index contributed by atoms with van der Waals surface area (Å²) in [6.45, 7) is 6.65. The predicted molar refractivity (Wildman–Crippen MR) is 94.6 cm³/mol. The van der Waals surface area contributed by atoms with Crippen molar-refractivity contribution in [1.29, 1.82) is 5.26 Å². The van der Waals surface area contributed by atoms with Crippen LogP contribution in [0.3, 0.4) is 0 Å². The number of ether oxygens (including phenoxy) is 2. The van der Waals surface area contributed by atoms with E-state index in [1.165, 1.54) is 0 Å². The molecule has 0 saturated carbocycles. The molecule has 0 unspecified atom stereocenters. The predicted octanol–water partition coefficient (Wildman–Crippen LogP) is 2.35. The monoisotopic (exact) mass is 344 g/mol. The van der Waals surface area contributed by atoms with Crippen molar-refractivity contribution < 1.29 is 14.3 Å². The van der Waals surface area contributed by atoms with Crippen LogP contribution in [-0.2, 0) is 4.74 Å². The highest BCUT2D eigenvalue weighted by Gasteiger charge is 2.41. The molecule has 1 amide bonds. The number of nitriles is 1. The molecule has 2 aliphatic rings. The first-order chi connectivity index (χ1) is 11.7. The Balaban J connectivity index is 1.84. The van der Waals surface area contributed by atoms with Gasteiger partial charge in [0.25, 0.3) is 0 Å². The van der Waals surface area contributed by atoms with E-state index in [9.17, 15) is 10.1 Å². The maximum atomic E-state index is 12.4. The molecule has 1 aromatic carbocycles. The molecular formula is C18H24N4O3. The molecule has 1 aromatic rings. The lowest BCUT2D eigenvalue weighted by Crippen LogP contribution is -2.59. The first-order valence-corrected chi connectivity index (χ1v) is 8.41. The van der Waals surface area contributed by atoms with E-state index in [4.69, 9.17) is 15.2 Å². The number of nitrogens with zero attached hydrogens (tertiary/aromatic N) is 3. The van der Waals surface area contributed by atoms with Crippen LogP contribution in [0.2, 0.25) is 0 Å². The Morgan fingerprint density at radius 1 is 1.44 bits per heavy atom. The third-order valence-electron chi connectivity index (χ3n) is 4.60. The summed E-state index contributed by atoms with van der Waals surface area (Å²) in [4.78, 5) is 16.2. The molecule has 7 heteroatoms. The van der Waals surface area contributed by atoms with Crippen LogP contribution >= 0.6 is 0 Å². The number of carbonyl (C=O) groups excluding carboxylic acids is 1. The highest BCUT2D eigenvalue weighted by Crippen LogP contribution is 2.42. The number of piperidine rings is 1. The van der Waals surface area contributed by atoms with E-state index in [1.54, 1.807) is 11.0 Å². The van der Waals surface area contributed by atoms with Gasteiger partial charge in [-0.3, -0.25) is 0 Å². The second kappa shape index (κ2) is 6.03. The molecule has 2 N–H and O–H groups in total. The molecule has 0 spiro atoms. The number of nitrogen functional groups attached to an aromatic ring is 1. The van der Waals surface area contributed by atoms with Crippen LogP contribution in [-0.4, -0.2) is 48.9 Å². The standard InChI is InChI=1S/C18H24N4O3/c1-18(2,3)25-17(23)22-8-7-15-14(10-22)21(4)13-6-5-12(20)11(9-19)16(13)24-15/h5-6,14-15H,7-8,10,20H2,1-4H3/t14-,15-/m1/s1. The van der Waals surface area contributed by atoms with Crippen LogP contribution < -0.4 is 15.4 Å². The van der Waals surface area contributed by atoms with Crippen LogP contribution in [0, 0.1) is 11.3 Å². The van der Waals surface area contributed by atoms with E-state index in [0.717, 1.165) is 5.69 Å². The molecular weight excluding hydrogens is 320 g/mol. The number of nitrogens with two attached hydrogens (primary N) is 1. The summed E-state index contributed by atoms with van der Waals surface area (Å²) >= 11 is 0. The van der Waals surface area contributed by atoms with Gasteiger partial charge in [0.15, 0.2) is 5.75 Å². The topological polar surface area (TPSA) is 91.8 Å². The highest BCUT2D eigenvalue weighted by molar-refractivity contribution is 5.75. The Morgan fingerprint density at radius 3 is 2.80 bits per heavy atom. The molecule has 25 heavy (non-hydrogen) atoms. The van der Waals surface area contributed by atoms with E-state index < -0.39 is 5.60 Å². The fourth-order valence-electron chi connectivity index (χ4n) is 3.34. The van der Waals surface area contributed by atoms with Gasteiger partial charge in [0, 0.05) is 26.6 Å².